The van der Waals surface area contributed by atoms with Gasteiger partial charge in [0.15, 0.2) is 6.29 Å². The van der Waals surface area contributed by atoms with Gasteiger partial charge in [-0.3, -0.25) is 4.84 Å². The van der Waals surface area contributed by atoms with Gasteiger partial charge in [-0.1, -0.05) is 13.3 Å². The molecule has 1 atom stereocenters. The van der Waals surface area contributed by atoms with Crippen LogP contribution in [0.4, 0.5) is 0 Å². The first-order valence-electron chi connectivity index (χ1n) is 5.18. The summed E-state index contributed by atoms with van der Waals surface area (Å²) >= 11 is 0. The van der Waals surface area contributed by atoms with E-state index < -0.39 is 0 Å². The van der Waals surface area contributed by atoms with E-state index in [9.17, 15) is 0 Å². The second-order valence-corrected chi connectivity index (χ2v) is 3.30. The highest BCUT2D eigenvalue weighted by molar-refractivity contribution is 4.52. The van der Waals surface area contributed by atoms with Crippen LogP contribution in [0, 0.1) is 0 Å². The van der Waals surface area contributed by atoms with Gasteiger partial charge in [-0.05, 0) is 19.3 Å². The van der Waals surface area contributed by atoms with Crippen molar-refractivity contribution in [3.63, 3.8) is 0 Å². The van der Waals surface area contributed by atoms with E-state index in [0.717, 1.165) is 32.4 Å². The smallest absolute Gasteiger partial charge is 0.178 e. The first kappa shape index (κ1) is 10.9. The summed E-state index contributed by atoms with van der Waals surface area (Å²) in [5.41, 5.74) is 5.70. The molecule has 0 aliphatic carbocycles. The molecular formula is C9H20N2O2. The largest absolute Gasteiger partial charge is 0.351 e. The lowest BCUT2D eigenvalue weighted by Crippen LogP contribution is -2.38. The Balaban J connectivity index is 1.86. The van der Waals surface area contributed by atoms with Gasteiger partial charge in [0, 0.05) is 19.6 Å². The molecule has 0 radical (unpaired) electrons. The lowest BCUT2D eigenvalue weighted by Gasteiger charge is -2.22. The summed E-state index contributed by atoms with van der Waals surface area (Å²) < 4.78 is 5.36. The molecule has 1 aliphatic rings. The van der Waals surface area contributed by atoms with E-state index in [1.165, 1.54) is 12.8 Å². The van der Waals surface area contributed by atoms with Gasteiger partial charge in [-0.25, -0.2) is 5.43 Å². The van der Waals surface area contributed by atoms with Gasteiger partial charge in [0.2, 0.25) is 0 Å². The number of hydrazine groups is 1. The van der Waals surface area contributed by atoms with Crippen LogP contribution >= 0.6 is 0 Å². The van der Waals surface area contributed by atoms with E-state index >= 15 is 0 Å². The normalized spacial score (nSPS) is 23.3. The molecule has 1 heterocycles. The molecule has 2 N–H and O–H groups in total. The highest BCUT2D eigenvalue weighted by atomic mass is 16.8. The van der Waals surface area contributed by atoms with Crippen molar-refractivity contribution in [2.45, 2.75) is 45.3 Å². The van der Waals surface area contributed by atoms with Crippen LogP contribution in [0.1, 0.15) is 39.0 Å². The molecule has 78 valence electrons. The van der Waals surface area contributed by atoms with Crippen molar-refractivity contribution < 1.29 is 9.57 Å². The van der Waals surface area contributed by atoms with Gasteiger partial charge in [0.25, 0.3) is 0 Å². The van der Waals surface area contributed by atoms with Crippen LogP contribution in [0.3, 0.4) is 0 Å². The van der Waals surface area contributed by atoms with Crippen LogP contribution < -0.4 is 11.0 Å². The van der Waals surface area contributed by atoms with Crippen molar-refractivity contribution in [2.24, 2.45) is 0 Å². The molecule has 1 saturated heterocycles. The average Bonchev–Trinajstić information content (AvgIpc) is 2.19. The molecule has 1 rings (SSSR count). The Kier molecular flexibility index (Phi) is 6.10. The fourth-order valence-electron chi connectivity index (χ4n) is 1.23. The van der Waals surface area contributed by atoms with E-state index in [1.54, 1.807) is 0 Å². The summed E-state index contributed by atoms with van der Waals surface area (Å²) in [5.74, 6) is 0. The molecule has 0 aromatic rings. The SMILES string of the molecule is CCCCNNOC1CCCCO1. The Morgan fingerprint density at radius 3 is 3.08 bits per heavy atom. The minimum absolute atomic E-state index is 0.0668. The lowest BCUT2D eigenvalue weighted by molar-refractivity contribution is -0.206. The first-order chi connectivity index (χ1) is 6.43. The average molecular weight is 188 g/mol. The maximum atomic E-state index is 5.36. The molecular weight excluding hydrogens is 168 g/mol. The molecule has 4 nitrogen and oxygen atoms in total. The van der Waals surface area contributed by atoms with Crippen LogP contribution in [-0.2, 0) is 9.57 Å². The Labute approximate surface area is 79.9 Å². The van der Waals surface area contributed by atoms with Gasteiger partial charge in [-0.15, -0.1) is 5.59 Å². The lowest BCUT2D eigenvalue weighted by atomic mass is 10.2. The zero-order valence-electron chi connectivity index (χ0n) is 8.34. The fourth-order valence-corrected chi connectivity index (χ4v) is 1.23. The van der Waals surface area contributed by atoms with Crippen LogP contribution in [-0.4, -0.2) is 19.4 Å². The molecule has 0 aromatic carbocycles. The van der Waals surface area contributed by atoms with Crippen molar-refractivity contribution in [2.75, 3.05) is 13.2 Å². The van der Waals surface area contributed by atoms with Crippen LogP contribution in [0.5, 0.6) is 0 Å². The van der Waals surface area contributed by atoms with Crippen LogP contribution in [0.25, 0.3) is 0 Å². The first-order valence-corrected chi connectivity index (χ1v) is 5.18. The highest BCUT2D eigenvalue weighted by Gasteiger charge is 2.13. The number of hydrogen-bond acceptors (Lipinski definition) is 4. The van der Waals surface area contributed by atoms with Crippen LogP contribution in [0.15, 0.2) is 0 Å². The topological polar surface area (TPSA) is 42.5 Å². The van der Waals surface area contributed by atoms with Gasteiger partial charge >= 0.3 is 0 Å². The summed E-state index contributed by atoms with van der Waals surface area (Å²) in [6, 6.07) is 0. The predicted octanol–water partition coefficient (Wildman–Crippen LogP) is 1.34. The second-order valence-electron chi connectivity index (χ2n) is 3.30. The second kappa shape index (κ2) is 7.26. The predicted molar refractivity (Wildman–Crippen MR) is 50.7 cm³/mol. The number of hydrogen-bond donors (Lipinski definition) is 2. The number of rotatable bonds is 6. The summed E-state index contributed by atoms with van der Waals surface area (Å²) in [7, 11) is 0. The Bertz CT molecular complexity index is 116. The van der Waals surface area contributed by atoms with Crippen molar-refractivity contribution in [3.05, 3.63) is 0 Å². The molecule has 0 spiro atoms. The van der Waals surface area contributed by atoms with Crippen molar-refractivity contribution >= 4 is 0 Å². The van der Waals surface area contributed by atoms with Crippen molar-refractivity contribution in [1.29, 1.82) is 0 Å². The van der Waals surface area contributed by atoms with E-state index in [-0.39, 0.29) is 6.29 Å². The maximum absolute atomic E-state index is 5.36. The van der Waals surface area contributed by atoms with Gasteiger partial charge in [0.1, 0.15) is 0 Å². The minimum atomic E-state index is -0.0668. The zero-order chi connectivity index (χ0) is 9.36. The van der Waals surface area contributed by atoms with E-state index in [2.05, 4.69) is 17.9 Å². The summed E-state index contributed by atoms with van der Waals surface area (Å²) in [4.78, 5) is 5.25. The number of unbranched alkanes of at least 4 members (excludes halogenated alkanes) is 1. The summed E-state index contributed by atoms with van der Waals surface area (Å²) in [6.45, 7) is 3.91. The molecule has 1 unspecified atom stereocenters. The molecule has 0 saturated carbocycles. The molecule has 1 fully saturated rings. The summed E-state index contributed by atoms with van der Waals surface area (Å²) in [6.07, 6.45) is 5.62. The molecule has 1 aliphatic heterocycles. The monoisotopic (exact) mass is 188 g/mol. The zero-order valence-corrected chi connectivity index (χ0v) is 8.34. The molecule has 0 bridgehead atoms. The fraction of sp³-hybridized carbons (Fsp3) is 1.00. The minimum Gasteiger partial charge on any atom is -0.351 e. The molecule has 0 aromatic heterocycles. The molecule has 4 heteroatoms. The third-order valence-electron chi connectivity index (χ3n) is 2.06. The Hall–Kier alpha value is -0.160. The Morgan fingerprint density at radius 2 is 2.38 bits per heavy atom. The van der Waals surface area contributed by atoms with Gasteiger partial charge in [0.05, 0.1) is 0 Å². The van der Waals surface area contributed by atoms with Gasteiger partial charge < -0.3 is 4.74 Å². The third kappa shape index (κ3) is 5.21. The highest BCUT2D eigenvalue weighted by Crippen LogP contribution is 2.11. The maximum Gasteiger partial charge on any atom is 0.178 e. The van der Waals surface area contributed by atoms with Crippen molar-refractivity contribution in [3.8, 4) is 0 Å². The van der Waals surface area contributed by atoms with Crippen LogP contribution in [0.2, 0.25) is 0 Å². The van der Waals surface area contributed by atoms with Gasteiger partial charge in [-0.2, -0.15) is 0 Å². The van der Waals surface area contributed by atoms with E-state index in [4.69, 9.17) is 9.57 Å². The van der Waals surface area contributed by atoms with E-state index in [0.29, 0.717) is 0 Å². The third-order valence-corrected chi connectivity index (χ3v) is 2.06. The number of ether oxygens (including phenoxy) is 1. The summed E-state index contributed by atoms with van der Waals surface area (Å²) in [5, 5.41) is 0. The molecule has 0 amide bonds. The number of nitrogens with one attached hydrogen (secondary N) is 2. The Morgan fingerprint density at radius 1 is 1.46 bits per heavy atom. The van der Waals surface area contributed by atoms with Crippen molar-refractivity contribution in [1.82, 2.24) is 11.0 Å². The quantitative estimate of drug-likeness (QED) is 0.487. The molecule has 13 heavy (non-hydrogen) atoms. The standard InChI is InChI=1S/C9H20N2O2/c1-2-3-7-10-11-13-9-6-4-5-8-12-9/h9-11H,2-8H2,1H3. The van der Waals surface area contributed by atoms with E-state index in [1.807, 2.05) is 0 Å².